The van der Waals surface area contributed by atoms with E-state index in [4.69, 9.17) is 4.74 Å². The molecule has 0 aliphatic carbocycles. The lowest BCUT2D eigenvalue weighted by molar-refractivity contribution is 0.125. The van der Waals surface area contributed by atoms with Gasteiger partial charge in [0, 0.05) is 13.2 Å². The van der Waals surface area contributed by atoms with Crippen molar-refractivity contribution in [3.63, 3.8) is 0 Å². The van der Waals surface area contributed by atoms with Gasteiger partial charge in [-0.3, -0.25) is 0 Å². The molecule has 0 aromatic carbocycles. The second-order valence-corrected chi connectivity index (χ2v) is 9.04. The van der Waals surface area contributed by atoms with Crippen LogP contribution in [0.3, 0.4) is 0 Å². The fraction of sp³-hybridized carbons (Fsp3) is 1.00. The number of hydrogen-bond acceptors (Lipinski definition) is 1. The fourth-order valence-corrected chi connectivity index (χ4v) is 4.02. The van der Waals surface area contributed by atoms with E-state index in [9.17, 15) is 0 Å². The average molecular weight is 397 g/mol. The molecule has 0 rings (SSSR count). The van der Waals surface area contributed by atoms with Gasteiger partial charge in [-0.1, -0.05) is 149 Å². The van der Waals surface area contributed by atoms with E-state index in [0.29, 0.717) is 0 Å². The Hall–Kier alpha value is -0.0400. The number of unbranched alkanes of at least 4 members (excludes halogenated alkanes) is 21. The third-order valence-electron chi connectivity index (χ3n) is 6.03. The zero-order chi connectivity index (χ0) is 20.4. The molecule has 0 bridgehead atoms. The molecule has 1 nitrogen and oxygen atoms in total. The minimum Gasteiger partial charge on any atom is -0.381 e. The lowest BCUT2D eigenvalue weighted by Crippen LogP contribution is -1.97. The lowest BCUT2D eigenvalue weighted by Gasteiger charge is -2.05. The van der Waals surface area contributed by atoms with Gasteiger partial charge in [-0.25, -0.2) is 0 Å². The number of rotatable bonds is 25. The molecule has 0 aromatic rings. The molecule has 0 aliphatic rings. The molecule has 28 heavy (non-hydrogen) atoms. The van der Waals surface area contributed by atoms with E-state index in [1.54, 1.807) is 0 Å². The predicted octanol–water partition coefficient (Wildman–Crippen LogP) is 10.0. The Morgan fingerprint density at radius 2 is 0.500 bits per heavy atom. The van der Waals surface area contributed by atoms with E-state index in [0.717, 1.165) is 13.2 Å². The van der Waals surface area contributed by atoms with Crippen molar-refractivity contribution in [2.24, 2.45) is 0 Å². The van der Waals surface area contributed by atoms with Crippen molar-refractivity contribution in [3.05, 3.63) is 0 Å². The third kappa shape index (κ3) is 26.0. The van der Waals surface area contributed by atoms with Crippen molar-refractivity contribution < 1.29 is 4.74 Å². The van der Waals surface area contributed by atoms with Gasteiger partial charge in [-0.15, -0.1) is 0 Å². The zero-order valence-electron chi connectivity index (χ0n) is 20.1. The summed E-state index contributed by atoms with van der Waals surface area (Å²) in [6, 6.07) is 0. The van der Waals surface area contributed by atoms with Crippen molar-refractivity contribution in [2.45, 2.75) is 162 Å². The lowest BCUT2D eigenvalue weighted by atomic mass is 10.0. The van der Waals surface area contributed by atoms with Crippen LogP contribution in [0.4, 0.5) is 0 Å². The first-order valence-electron chi connectivity index (χ1n) is 13.5. The van der Waals surface area contributed by atoms with Gasteiger partial charge in [-0.2, -0.15) is 0 Å². The van der Waals surface area contributed by atoms with Gasteiger partial charge in [0.25, 0.3) is 0 Å². The third-order valence-corrected chi connectivity index (χ3v) is 6.03. The van der Waals surface area contributed by atoms with Crippen LogP contribution in [0.15, 0.2) is 0 Å². The Morgan fingerprint density at radius 3 is 0.750 bits per heavy atom. The Bertz CT molecular complexity index is 225. The molecule has 0 amide bonds. The molecule has 1 heteroatoms. The molecule has 0 radical (unpaired) electrons. The summed E-state index contributed by atoms with van der Waals surface area (Å²) in [6.07, 6.45) is 32.7. The summed E-state index contributed by atoms with van der Waals surface area (Å²) < 4.78 is 5.74. The van der Waals surface area contributed by atoms with Crippen LogP contribution in [0.25, 0.3) is 0 Å². The van der Waals surface area contributed by atoms with Crippen LogP contribution in [0, 0.1) is 0 Å². The Labute approximate surface area is 179 Å². The highest BCUT2D eigenvalue weighted by Crippen LogP contribution is 2.14. The summed E-state index contributed by atoms with van der Waals surface area (Å²) in [4.78, 5) is 0. The van der Waals surface area contributed by atoms with Gasteiger partial charge in [0.2, 0.25) is 0 Å². The normalized spacial score (nSPS) is 11.4. The van der Waals surface area contributed by atoms with Crippen LogP contribution in [0.1, 0.15) is 162 Å². The summed E-state index contributed by atoms with van der Waals surface area (Å²) in [5.41, 5.74) is 0. The molecule has 0 unspecified atom stereocenters. The quantitative estimate of drug-likeness (QED) is 0.139. The van der Waals surface area contributed by atoms with Crippen LogP contribution in [0.2, 0.25) is 0 Å². The Morgan fingerprint density at radius 1 is 0.286 bits per heavy atom. The van der Waals surface area contributed by atoms with Crippen LogP contribution < -0.4 is 0 Å². The summed E-state index contributed by atoms with van der Waals surface area (Å²) in [5, 5.41) is 0. The van der Waals surface area contributed by atoms with Gasteiger partial charge >= 0.3 is 0 Å². The summed E-state index contributed by atoms with van der Waals surface area (Å²) in [7, 11) is 0. The maximum absolute atomic E-state index is 5.74. The summed E-state index contributed by atoms with van der Waals surface area (Å²) >= 11 is 0. The van der Waals surface area contributed by atoms with E-state index in [1.807, 2.05) is 0 Å². The molecule has 0 fully saturated rings. The number of ether oxygens (including phenoxy) is 1. The van der Waals surface area contributed by atoms with Gasteiger partial charge in [0.15, 0.2) is 0 Å². The van der Waals surface area contributed by atoms with Gasteiger partial charge in [0.1, 0.15) is 0 Å². The van der Waals surface area contributed by atoms with Crippen LogP contribution in [0.5, 0.6) is 0 Å². The number of hydrogen-bond donors (Lipinski definition) is 0. The maximum atomic E-state index is 5.74. The van der Waals surface area contributed by atoms with Crippen molar-refractivity contribution in [1.29, 1.82) is 0 Å². The molecule has 170 valence electrons. The van der Waals surface area contributed by atoms with Crippen LogP contribution >= 0.6 is 0 Å². The van der Waals surface area contributed by atoms with Crippen LogP contribution in [-0.2, 0) is 4.74 Å². The zero-order valence-corrected chi connectivity index (χ0v) is 20.1. The minimum absolute atomic E-state index is 0.989. The molecule has 0 spiro atoms. The van der Waals surface area contributed by atoms with E-state index >= 15 is 0 Å². The molecular weight excluding hydrogens is 340 g/mol. The van der Waals surface area contributed by atoms with Gasteiger partial charge in [-0.05, 0) is 12.8 Å². The first-order valence-corrected chi connectivity index (χ1v) is 13.5. The summed E-state index contributed by atoms with van der Waals surface area (Å²) in [5.74, 6) is 0. The standard InChI is InChI=1S/C27H56O/c1-3-5-7-9-10-11-12-13-14-15-16-17-18-19-20-21-23-25-27-28-26-24-22-8-6-4-2/h3-27H2,1-2H3. The van der Waals surface area contributed by atoms with Gasteiger partial charge < -0.3 is 4.74 Å². The van der Waals surface area contributed by atoms with Crippen molar-refractivity contribution in [3.8, 4) is 0 Å². The molecule has 0 aromatic heterocycles. The van der Waals surface area contributed by atoms with E-state index < -0.39 is 0 Å². The molecule has 0 heterocycles. The second-order valence-electron chi connectivity index (χ2n) is 9.04. The monoisotopic (exact) mass is 396 g/mol. The Kier molecular flexibility index (Phi) is 26.9. The highest BCUT2D eigenvalue weighted by molar-refractivity contribution is 4.50. The van der Waals surface area contributed by atoms with Gasteiger partial charge in [0.05, 0.1) is 0 Å². The molecule has 0 atom stereocenters. The largest absolute Gasteiger partial charge is 0.381 e. The molecular formula is C27H56O. The highest BCUT2D eigenvalue weighted by Gasteiger charge is 1.95. The smallest absolute Gasteiger partial charge is 0.0466 e. The van der Waals surface area contributed by atoms with Crippen molar-refractivity contribution >= 4 is 0 Å². The molecule has 0 aliphatic heterocycles. The topological polar surface area (TPSA) is 9.23 Å². The molecule has 0 saturated carbocycles. The first-order chi connectivity index (χ1) is 13.9. The van der Waals surface area contributed by atoms with E-state index in [1.165, 1.54) is 148 Å². The predicted molar refractivity (Wildman–Crippen MR) is 128 cm³/mol. The summed E-state index contributed by atoms with van der Waals surface area (Å²) in [6.45, 7) is 6.55. The van der Waals surface area contributed by atoms with E-state index in [2.05, 4.69) is 13.8 Å². The Balaban J connectivity index is 2.96. The molecule has 0 N–H and O–H groups in total. The van der Waals surface area contributed by atoms with Crippen LogP contribution in [-0.4, -0.2) is 13.2 Å². The van der Waals surface area contributed by atoms with E-state index in [-0.39, 0.29) is 0 Å². The second kappa shape index (κ2) is 27.0. The fourth-order valence-electron chi connectivity index (χ4n) is 4.02. The van der Waals surface area contributed by atoms with Crippen molar-refractivity contribution in [2.75, 3.05) is 13.2 Å². The minimum atomic E-state index is 0.989. The SMILES string of the molecule is CCCCCCCCCCCCCCCCCCCCOCCCCCCC. The molecule has 0 saturated heterocycles. The average Bonchev–Trinajstić information content (AvgIpc) is 2.71. The van der Waals surface area contributed by atoms with Crippen molar-refractivity contribution in [1.82, 2.24) is 0 Å². The first kappa shape index (κ1) is 28.0. The maximum Gasteiger partial charge on any atom is 0.0466 e. The highest BCUT2D eigenvalue weighted by atomic mass is 16.5.